The van der Waals surface area contributed by atoms with E-state index in [9.17, 15) is 4.79 Å². The molecular weight excluding hydrogens is 330 g/mol. The summed E-state index contributed by atoms with van der Waals surface area (Å²) in [5.74, 6) is -0.208. The normalized spacial score (nSPS) is 10.3. The van der Waals surface area contributed by atoms with Crippen molar-refractivity contribution in [1.29, 1.82) is 0 Å². The number of nitrogens with zero attached hydrogens (tertiary/aromatic N) is 1. The minimum atomic E-state index is -0.208. The van der Waals surface area contributed by atoms with Crippen molar-refractivity contribution < 1.29 is 9.53 Å². The van der Waals surface area contributed by atoms with E-state index in [-0.39, 0.29) is 5.91 Å². The maximum Gasteiger partial charge on any atom is 0.273 e. The van der Waals surface area contributed by atoms with Gasteiger partial charge in [-0.25, -0.2) is 0 Å². The third-order valence-corrected chi connectivity index (χ3v) is 3.57. The van der Waals surface area contributed by atoms with Gasteiger partial charge in [0.15, 0.2) is 5.69 Å². The highest BCUT2D eigenvalue weighted by Gasteiger charge is 2.15. The largest absolute Gasteiger partial charge is 0.385 e. The van der Waals surface area contributed by atoms with Crippen LogP contribution in [0.25, 0.3) is 0 Å². The number of ether oxygens (including phenoxy) is 1. The number of H-pyrrole nitrogens is 1. The number of carbonyl (C=O) groups excluding carboxylic acids is 1. The van der Waals surface area contributed by atoms with Crippen LogP contribution in [0.1, 0.15) is 16.9 Å². The van der Waals surface area contributed by atoms with Gasteiger partial charge in [-0.15, -0.1) is 0 Å². The van der Waals surface area contributed by atoms with E-state index >= 15 is 0 Å². The molecule has 0 fully saturated rings. The second-order valence-electron chi connectivity index (χ2n) is 2.80. The molecule has 0 aromatic carbocycles. The van der Waals surface area contributed by atoms with Crippen molar-refractivity contribution in [1.82, 2.24) is 15.5 Å². The van der Waals surface area contributed by atoms with Gasteiger partial charge < -0.3 is 10.1 Å². The molecule has 0 saturated carbocycles. The molecule has 1 aromatic rings. The zero-order valence-electron chi connectivity index (χ0n) is 8.14. The topological polar surface area (TPSA) is 67.0 Å². The molecule has 15 heavy (non-hydrogen) atoms. The monoisotopic (exact) mass is 339 g/mol. The van der Waals surface area contributed by atoms with Gasteiger partial charge in [0.1, 0.15) is 4.60 Å². The van der Waals surface area contributed by atoms with E-state index in [1.165, 1.54) is 0 Å². The average molecular weight is 341 g/mol. The summed E-state index contributed by atoms with van der Waals surface area (Å²) in [5.41, 5.74) is 0.347. The van der Waals surface area contributed by atoms with Crippen LogP contribution in [0, 0.1) is 0 Å². The first kappa shape index (κ1) is 12.7. The Bertz CT molecular complexity index is 341. The fourth-order valence-corrected chi connectivity index (χ4v) is 1.59. The number of hydrogen-bond donors (Lipinski definition) is 2. The first-order valence-electron chi connectivity index (χ1n) is 4.33. The summed E-state index contributed by atoms with van der Waals surface area (Å²) >= 11 is 6.46. The fraction of sp³-hybridized carbons (Fsp3) is 0.500. The number of rotatable bonds is 5. The Morgan fingerprint density at radius 2 is 2.33 bits per heavy atom. The van der Waals surface area contributed by atoms with Crippen molar-refractivity contribution in [3.05, 3.63) is 14.8 Å². The Morgan fingerprint density at radius 1 is 1.60 bits per heavy atom. The molecule has 7 heteroatoms. The molecule has 84 valence electrons. The average Bonchev–Trinajstić information content (AvgIpc) is 2.55. The van der Waals surface area contributed by atoms with Gasteiger partial charge in [0.05, 0.1) is 4.47 Å². The maximum atomic E-state index is 11.6. The number of methoxy groups -OCH3 is 1. The highest BCUT2D eigenvalue weighted by atomic mass is 79.9. The van der Waals surface area contributed by atoms with Gasteiger partial charge >= 0.3 is 0 Å². The van der Waals surface area contributed by atoms with E-state index in [4.69, 9.17) is 4.74 Å². The molecule has 1 aromatic heterocycles. The zero-order chi connectivity index (χ0) is 11.3. The minimum Gasteiger partial charge on any atom is -0.385 e. The summed E-state index contributed by atoms with van der Waals surface area (Å²) in [4.78, 5) is 11.6. The number of aromatic nitrogens is 2. The molecule has 0 saturated heterocycles. The summed E-state index contributed by atoms with van der Waals surface area (Å²) < 4.78 is 6.16. The standard InChI is InChI=1S/C8H11Br2N3O2/c1-15-4-2-3-11-8(14)6-5(9)7(10)13-12-6/h2-4H2,1H3,(H,11,14)(H,12,13). The van der Waals surface area contributed by atoms with E-state index < -0.39 is 0 Å². The molecule has 0 aliphatic carbocycles. The third-order valence-electron chi connectivity index (χ3n) is 1.69. The molecule has 0 atom stereocenters. The SMILES string of the molecule is COCCCNC(=O)c1n[nH]c(Br)c1Br. The van der Waals surface area contributed by atoms with Crippen LogP contribution in [0.15, 0.2) is 9.08 Å². The van der Waals surface area contributed by atoms with Crippen molar-refractivity contribution in [2.45, 2.75) is 6.42 Å². The van der Waals surface area contributed by atoms with E-state index in [2.05, 4.69) is 47.4 Å². The highest BCUT2D eigenvalue weighted by molar-refractivity contribution is 9.13. The first-order chi connectivity index (χ1) is 7.16. The molecule has 0 aliphatic rings. The number of carbonyl (C=O) groups is 1. The second-order valence-corrected chi connectivity index (χ2v) is 4.39. The van der Waals surface area contributed by atoms with Crippen LogP contribution in [-0.2, 0) is 4.74 Å². The van der Waals surface area contributed by atoms with Gasteiger partial charge in [-0.1, -0.05) is 0 Å². The number of nitrogens with one attached hydrogen (secondary N) is 2. The Balaban J connectivity index is 2.44. The number of hydrogen-bond acceptors (Lipinski definition) is 3. The van der Waals surface area contributed by atoms with Crippen LogP contribution < -0.4 is 5.32 Å². The summed E-state index contributed by atoms with van der Waals surface area (Å²) in [6, 6.07) is 0. The van der Waals surface area contributed by atoms with Gasteiger partial charge in [0.25, 0.3) is 5.91 Å². The van der Waals surface area contributed by atoms with Gasteiger partial charge in [-0.2, -0.15) is 5.10 Å². The van der Waals surface area contributed by atoms with E-state index in [0.29, 0.717) is 27.9 Å². The molecule has 1 amide bonds. The van der Waals surface area contributed by atoms with Crippen molar-refractivity contribution in [2.75, 3.05) is 20.3 Å². The molecular formula is C8H11Br2N3O2. The summed E-state index contributed by atoms with van der Waals surface area (Å²) in [7, 11) is 1.63. The van der Waals surface area contributed by atoms with Crippen LogP contribution in [0.3, 0.4) is 0 Å². The second kappa shape index (κ2) is 6.24. The quantitative estimate of drug-likeness (QED) is 0.802. The molecule has 1 heterocycles. The van der Waals surface area contributed by atoms with Crippen molar-refractivity contribution in [3.63, 3.8) is 0 Å². The minimum absolute atomic E-state index is 0.208. The molecule has 2 N–H and O–H groups in total. The van der Waals surface area contributed by atoms with Crippen LogP contribution in [0.4, 0.5) is 0 Å². The lowest BCUT2D eigenvalue weighted by atomic mass is 10.4. The molecule has 0 radical (unpaired) electrons. The van der Waals surface area contributed by atoms with Crippen LogP contribution in [0.2, 0.25) is 0 Å². The van der Waals surface area contributed by atoms with Gasteiger partial charge in [-0.05, 0) is 38.3 Å². The molecule has 0 aliphatic heterocycles. The molecule has 0 spiro atoms. The third kappa shape index (κ3) is 3.58. The van der Waals surface area contributed by atoms with Crippen LogP contribution in [-0.4, -0.2) is 36.4 Å². The lowest BCUT2D eigenvalue weighted by molar-refractivity contribution is 0.0943. The number of aromatic amines is 1. The van der Waals surface area contributed by atoms with Crippen LogP contribution >= 0.6 is 31.9 Å². The first-order valence-corrected chi connectivity index (χ1v) is 5.92. The maximum absolute atomic E-state index is 11.6. The smallest absolute Gasteiger partial charge is 0.273 e. The van der Waals surface area contributed by atoms with Gasteiger partial charge in [0, 0.05) is 20.3 Å². The van der Waals surface area contributed by atoms with E-state index in [1.807, 2.05) is 0 Å². The summed E-state index contributed by atoms with van der Waals surface area (Å²) in [5, 5.41) is 9.24. The lowest BCUT2D eigenvalue weighted by Gasteiger charge is -2.02. The van der Waals surface area contributed by atoms with Crippen LogP contribution in [0.5, 0.6) is 0 Å². The Kier molecular flexibility index (Phi) is 5.27. The highest BCUT2D eigenvalue weighted by Crippen LogP contribution is 2.23. The summed E-state index contributed by atoms with van der Waals surface area (Å²) in [6.07, 6.45) is 0.783. The van der Waals surface area contributed by atoms with E-state index in [0.717, 1.165) is 6.42 Å². The zero-order valence-corrected chi connectivity index (χ0v) is 11.3. The van der Waals surface area contributed by atoms with Crippen molar-refractivity contribution in [3.8, 4) is 0 Å². The molecule has 0 bridgehead atoms. The Hall–Kier alpha value is -0.400. The summed E-state index contributed by atoms with van der Waals surface area (Å²) in [6.45, 7) is 1.20. The Morgan fingerprint density at radius 3 is 2.87 bits per heavy atom. The molecule has 5 nitrogen and oxygen atoms in total. The van der Waals surface area contributed by atoms with E-state index in [1.54, 1.807) is 7.11 Å². The van der Waals surface area contributed by atoms with Crippen molar-refractivity contribution in [2.24, 2.45) is 0 Å². The predicted octanol–water partition coefficient (Wildman–Crippen LogP) is 1.70. The molecule has 0 unspecified atom stereocenters. The molecule has 1 rings (SSSR count). The number of halogens is 2. The lowest BCUT2D eigenvalue weighted by Crippen LogP contribution is -2.25. The van der Waals surface area contributed by atoms with Crippen molar-refractivity contribution >= 4 is 37.8 Å². The number of amides is 1. The van der Waals surface area contributed by atoms with Gasteiger partial charge in [0.2, 0.25) is 0 Å². The Labute approximate surface area is 104 Å². The van der Waals surface area contributed by atoms with Gasteiger partial charge in [-0.3, -0.25) is 9.89 Å². The fourth-order valence-electron chi connectivity index (χ4n) is 0.960. The predicted molar refractivity (Wildman–Crippen MR) is 62.8 cm³/mol.